The van der Waals surface area contributed by atoms with E-state index in [9.17, 15) is 4.79 Å². The normalized spacial score (nSPS) is 13.9. The van der Waals surface area contributed by atoms with E-state index in [0.717, 1.165) is 24.1 Å². The molecular weight excluding hydrogens is 214 g/mol. The largest absolute Gasteiger partial charge is 0.376 e. The minimum atomic E-state index is 0.0227. The lowest BCUT2D eigenvalue weighted by Crippen LogP contribution is -2.31. The van der Waals surface area contributed by atoms with E-state index in [4.69, 9.17) is 5.26 Å². The van der Waals surface area contributed by atoms with E-state index < -0.39 is 0 Å². The maximum Gasteiger partial charge on any atom is 0.239 e. The maximum absolute atomic E-state index is 11.4. The highest BCUT2D eigenvalue weighted by Crippen LogP contribution is 2.18. The average Bonchev–Trinajstić information content (AvgIpc) is 3.10. The Morgan fingerprint density at radius 3 is 2.88 bits per heavy atom. The van der Waals surface area contributed by atoms with Crippen LogP contribution in [0.5, 0.6) is 0 Å². The van der Waals surface area contributed by atoms with Gasteiger partial charge in [-0.1, -0.05) is 0 Å². The maximum atomic E-state index is 11.4. The zero-order valence-corrected chi connectivity index (χ0v) is 9.79. The number of nitrogens with zero attached hydrogens (tertiary/aromatic N) is 1. The zero-order valence-electron chi connectivity index (χ0n) is 9.79. The van der Waals surface area contributed by atoms with Crippen molar-refractivity contribution in [1.82, 2.24) is 5.32 Å². The van der Waals surface area contributed by atoms with Gasteiger partial charge in [0.25, 0.3) is 0 Å². The van der Waals surface area contributed by atoms with Gasteiger partial charge in [0, 0.05) is 11.7 Å². The van der Waals surface area contributed by atoms with Gasteiger partial charge in [0.2, 0.25) is 5.91 Å². The first-order chi connectivity index (χ1) is 8.19. The number of nitriles is 1. The second-order valence-electron chi connectivity index (χ2n) is 4.34. The van der Waals surface area contributed by atoms with Gasteiger partial charge < -0.3 is 10.6 Å². The highest BCUT2D eigenvalue weighted by molar-refractivity contribution is 5.81. The Morgan fingerprint density at radius 2 is 2.29 bits per heavy atom. The van der Waals surface area contributed by atoms with Gasteiger partial charge in [-0.05, 0) is 43.5 Å². The van der Waals surface area contributed by atoms with Gasteiger partial charge in [-0.15, -0.1) is 0 Å². The molecule has 2 rings (SSSR count). The van der Waals surface area contributed by atoms with Gasteiger partial charge in [0.05, 0.1) is 18.2 Å². The number of aryl methyl sites for hydroxylation is 1. The summed E-state index contributed by atoms with van der Waals surface area (Å²) in [6, 6.07) is 7.96. The summed E-state index contributed by atoms with van der Waals surface area (Å²) in [7, 11) is 0. The molecule has 0 unspecified atom stereocenters. The van der Waals surface area contributed by atoms with Gasteiger partial charge in [0.15, 0.2) is 0 Å². The molecule has 1 amide bonds. The minimum absolute atomic E-state index is 0.0227. The molecule has 88 valence electrons. The summed E-state index contributed by atoms with van der Waals surface area (Å²) in [5, 5.41) is 14.8. The summed E-state index contributed by atoms with van der Waals surface area (Å²) in [5.74, 6) is 0.0227. The topological polar surface area (TPSA) is 64.9 Å². The molecule has 4 heteroatoms. The van der Waals surface area contributed by atoms with Gasteiger partial charge in [-0.25, -0.2) is 0 Å². The summed E-state index contributed by atoms with van der Waals surface area (Å²) in [5.41, 5.74) is 2.45. The fourth-order valence-corrected chi connectivity index (χ4v) is 1.59. The van der Waals surface area contributed by atoms with Crippen molar-refractivity contribution in [3.63, 3.8) is 0 Å². The molecule has 2 N–H and O–H groups in total. The summed E-state index contributed by atoms with van der Waals surface area (Å²) < 4.78 is 0. The standard InChI is InChI=1S/C13H15N3O/c1-9-6-12(3-2-10(9)7-14)15-8-13(17)16-11-4-5-11/h2-3,6,11,15H,4-5,8H2,1H3,(H,16,17). The summed E-state index contributed by atoms with van der Waals surface area (Å²) >= 11 is 0. The first-order valence-corrected chi connectivity index (χ1v) is 5.73. The molecule has 1 saturated carbocycles. The molecule has 1 aliphatic rings. The number of anilines is 1. The van der Waals surface area contributed by atoms with E-state index in [0.29, 0.717) is 11.6 Å². The summed E-state index contributed by atoms with van der Waals surface area (Å²) in [4.78, 5) is 11.4. The Morgan fingerprint density at radius 1 is 1.53 bits per heavy atom. The van der Waals surface area contributed by atoms with Gasteiger partial charge in [-0.3, -0.25) is 4.79 Å². The van der Waals surface area contributed by atoms with Crippen LogP contribution in [0, 0.1) is 18.3 Å². The molecule has 4 nitrogen and oxygen atoms in total. The van der Waals surface area contributed by atoms with E-state index in [1.165, 1.54) is 0 Å². The lowest BCUT2D eigenvalue weighted by atomic mass is 10.1. The highest BCUT2D eigenvalue weighted by atomic mass is 16.2. The minimum Gasteiger partial charge on any atom is -0.376 e. The van der Waals surface area contributed by atoms with Crippen LogP contribution in [0.3, 0.4) is 0 Å². The number of amides is 1. The second kappa shape index (κ2) is 4.88. The fourth-order valence-electron chi connectivity index (χ4n) is 1.59. The molecule has 1 aromatic carbocycles. The Kier molecular flexibility index (Phi) is 3.29. The Bertz CT molecular complexity index is 472. The van der Waals surface area contributed by atoms with E-state index in [1.807, 2.05) is 19.1 Å². The van der Waals surface area contributed by atoms with Crippen molar-refractivity contribution in [3.05, 3.63) is 29.3 Å². The Labute approximate surface area is 101 Å². The third-order valence-electron chi connectivity index (χ3n) is 2.74. The van der Waals surface area contributed by atoms with E-state index in [2.05, 4.69) is 16.7 Å². The van der Waals surface area contributed by atoms with Crippen LogP contribution < -0.4 is 10.6 Å². The monoisotopic (exact) mass is 229 g/mol. The molecule has 17 heavy (non-hydrogen) atoms. The molecule has 0 bridgehead atoms. The average molecular weight is 229 g/mol. The van der Waals surface area contributed by atoms with Crippen LogP contribution in [0.25, 0.3) is 0 Å². The van der Waals surface area contributed by atoms with Crippen LogP contribution in [0.2, 0.25) is 0 Å². The van der Waals surface area contributed by atoms with Crippen molar-refractivity contribution in [2.75, 3.05) is 11.9 Å². The number of rotatable bonds is 4. The molecule has 1 fully saturated rings. The zero-order chi connectivity index (χ0) is 12.3. The SMILES string of the molecule is Cc1cc(NCC(=O)NC2CC2)ccc1C#N. The first-order valence-electron chi connectivity index (χ1n) is 5.73. The van der Waals surface area contributed by atoms with Crippen molar-refractivity contribution in [2.45, 2.75) is 25.8 Å². The van der Waals surface area contributed by atoms with E-state index >= 15 is 0 Å². The molecule has 0 atom stereocenters. The Hall–Kier alpha value is -2.02. The number of nitrogens with one attached hydrogen (secondary N) is 2. The smallest absolute Gasteiger partial charge is 0.239 e. The first kappa shape index (κ1) is 11.5. The predicted molar refractivity (Wildman–Crippen MR) is 65.5 cm³/mol. The quantitative estimate of drug-likeness (QED) is 0.823. The number of carbonyl (C=O) groups is 1. The fraction of sp³-hybridized carbons (Fsp3) is 0.385. The predicted octanol–water partition coefficient (Wildman–Crippen LogP) is 1.56. The molecule has 1 aliphatic carbocycles. The van der Waals surface area contributed by atoms with Crippen molar-refractivity contribution in [1.29, 1.82) is 5.26 Å². The molecule has 0 radical (unpaired) electrons. The molecule has 1 aromatic rings. The number of hydrogen-bond donors (Lipinski definition) is 2. The van der Waals surface area contributed by atoms with Crippen molar-refractivity contribution in [3.8, 4) is 6.07 Å². The number of benzene rings is 1. The second-order valence-corrected chi connectivity index (χ2v) is 4.34. The third kappa shape index (κ3) is 3.22. The van der Waals surface area contributed by atoms with Crippen LogP contribution in [-0.4, -0.2) is 18.5 Å². The van der Waals surface area contributed by atoms with Gasteiger partial charge >= 0.3 is 0 Å². The van der Waals surface area contributed by atoms with Crippen LogP contribution in [0.1, 0.15) is 24.0 Å². The van der Waals surface area contributed by atoms with Crippen LogP contribution in [-0.2, 0) is 4.79 Å². The molecule has 0 aliphatic heterocycles. The lowest BCUT2D eigenvalue weighted by molar-refractivity contribution is -0.119. The van der Waals surface area contributed by atoms with Crippen LogP contribution in [0.4, 0.5) is 5.69 Å². The van der Waals surface area contributed by atoms with Gasteiger partial charge in [0.1, 0.15) is 0 Å². The van der Waals surface area contributed by atoms with Crippen molar-refractivity contribution >= 4 is 11.6 Å². The number of hydrogen-bond acceptors (Lipinski definition) is 3. The highest BCUT2D eigenvalue weighted by Gasteiger charge is 2.22. The van der Waals surface area contributed by atoms with Crippen LogP contribution >= 0.6 is 0 Å². The van der Waals surface area contributed by atoms with E-state index in [1.54, 1.807) is 6.07 Å². The summed E-state index contributed by atoms with van der Waals surface area (Å²) in [6.45, 7) is 2.16. The molecule has 0 aromatic heterocycles. The van der Waals surface area contributed by atoms with Gasteiger partial charge in [-0.2, -0.15) is 5.26 Å². The molecular formula is C13H15N3O. The molecule has 0 spiro atoms. The summed E-state index contributed by atoms with van der Waals surface area (Å²) in [6.07, 6.45) is 2.20. The van der Waals surface area contributed by atoms with Crippen LogP contribution in [0.15, 0.2) is 18.2 Å². The van der Waals surface area contributed by atoms with Crippen molar-refractivity contribution in [2.24, 2.45) is 0 Å². The third-order valence-corrected chi connectivity index (χ3v) is 2.74. The van der Waals surface area contributed by atoms with E-state index in [-0.39, 0.29) is 12.5 Å². The lowest BCUT2D eigenvalue weighted by Gasteiger charge is -2.08. The number of carbonyl (C=O) groups excluding carboxylic acids is 1. The Balaban J connectivity index is 1.88. The molecule has 0 saturated heterocycles. The molecule has 0 heterocycles. The van der Waals surface area contributed by atoms with Crippen molar-refractivity contribution < 1.29 is 4.79 Å².